The Morgan fingerprint density at radius 2 is 1.88 bits per heavy atom. The van der Waals surface area contributed by atoms with Crippen LogP contribution < -0.4 is 9.75 Å². The van der Waals surface area contributed by atoms with Gasteiger partial charge in [0, 0.05) is 38.8 Å². The maximum atomic E-state index is 12.8. The minimum atomic E-state index is -4.37. The average molecular weight is 511 g/mol. The topological polar surface area (TPSA) is 52.1 Å². The van der Waals surface area contributed by atoms with Crippen molar-refractivity contribution in [3.63, 3.8) is 0 Å². The number of thiocarbonyl (C=S) groups is 1. The van der Waals surface area contributed by atoms with E-state index in [4.69, 9.17) is 17.0 Å². The summed E-state index contributed by atoms with van der Waals surface area (Å²) in [6.07, 6.45) is -5.03. The van der Waals surface area contributed by atoms with Crippen molar-refractivity contribution in [1.29, 1.82) is 0 Å². The number of aromatic nitrogens is 1. The summed E-state index contributed by atoms with van der Waals surface area (Å²) in [6, 6.07) is 10.7. The molecule has 0 spiro atoms. The minimum Gasteiger partial charge on any atom is -0.491 e. The number of benzene rings is 2. The number of anilines is 1. The van der Waals surface area contributed by atoms with Gasteiger partial charge in [0.15, 0.2) is 0 Å². The van der Waals surface area contributed by atoms with Gasteiger partial charge in [-0.25, -0.2) is 9.99 Å². The molecule has 0 saturated carbocycles. The maximum Gasteiger partial charge on any atom is 0.416 e. The van der Waals surface area contributed by atoms with Gasteiger partial charge in [0.05, 0.1) is 32.0 Å². The molecule has 1 atom stereocenters. The number of hydrogen-bond acceptors (Lipinski definition) is 7. The molecule has 1 aromatic heterocycles. The van der Waals surface area contributed by atoms with Crippen LogP contribution in [-0.2, 0) is 6.18 Å². The standard InChI is InChI=1S/C23H25F3N4O2S2/c1-16-27-21-12-20(6-7-22(21)34-16)32-14-19(31)13-28-8-10-29(11-9-28)30(15-33)18-4-2-17(3-5-18)23(24,25)26/h2-7,12,15,19,31H,8-11,13-14H2,1H3/t19-/m1/s1. The van der Waals surface area contributed by atoms with Gasteiger partial charge < -0.3 is 9.84 Å². The van der Waals surface area contributed by atoms with E-state index in [1.807, 2.05) is 30.1 Å². The van der Waals surface area contributed by atoms with Crippen molar-refractivity contribution in [2.75, 3.05) is 44.3 Å². The molecule has 2 heterocycles. The molecule has 0 bridgehead atoms. The number of β-amino-alcohol motifs (C(OH)–C–C–N with tert-alkyl or cyclic N) is 1. The van der Waals surface area contributed by atoms with Gasteiger partial charge in [-0.15, -0.1) is 11.3 Å². The molecule has 2 aromatic carbocycles. The lowest BCUT2D eigenvalue weighted by atomic mass is 10.2. The molecule has 11 heteroatoms. The van der Waals surface area contributed by atoms with Crippen molar-refractivity contribution in [2.45, 2.75) is 19.2 Å². The average Bonchev–Trinajstić information content (AvgIpc) is 3.18. The summed E-state index contributed by atoms with van der Waals surface area (Å²) in [5, 5.41) is 15.1. The molecular weight excluding hydrogens is 485 g/mol. The first-order valence-corrected chi connectivity index (χ1v) is 12.1. The van der Waals surface area contributed by atoms with Gasteiger partial charge >= 0.3 is 6.18 Å². The molecule has 1 saturated heterocycles. The van der Waals surface area contributed by atoms with Crippen LogP contribution in [0.1, 0.15) is 10.6 Å². The number of alkyl halides is 3. The number of aryl methyl sites for hydroxylation is 1. The quantitative estimate of drug-likeness (QED) is 0.452. The summed E-state index contributed by atoms with van der Waals surface area (Å²) in [4.78, 5) is 6.59. The molecule has 1 aliphatic rings. The number of halogens is 3. The summed E-state index contributed by atoms with van der Waals surface area (Å²) in [7, 11) is 0. The van der Waals surface area contributed by atoms with Crippen molar-refractivity contribution in [2.24, 2.45) is 0 Å². The fourth-order valence-corrected chi connectivity index (χ4v) is 4.95. The number of aliphatic hydroxyl groups excluding tert-OH is 1. The zero-order valence-electron chi connectivity index (χ0n) is 18.5. The lowest BCUT2D eigenvalue weighted by Gasteiger charge is -2.40. The predicted octanol–water partition coefficient (Wildman–Crippen LogP) is 4.36. The smallest absolute Gasteiger partial charge is 0.416 e. The van der Waals surface area contributed by atoms with E-state index < -0.39 is 17.8 Å². The van der Waals surface area contributed by atoms with Crippen LogP contribution in [0.15, 0.2) is 42.5 Å². The second-order valence-electron chi connectivity index (χ2n) is 8.08. The monoisotopic (exact) mass is 510 g/mol. The van der Waals surface area contributed by atoms with Crippen LogP contribution in [0, 0.1) is 6.92 Å². The van der Waals surface area contributed by atoms with Gasteiger partial charge in [-0.3, -0.25) is 9.91 Å². The van der Waals surface area contributed by atoms with Gasteiger partial charge in [-0.05, 0) is 43.3 Å². The Bertz CT molecular complexity index is 1120. The van der Waals surface area contributed by atoms with Gasteiger partial charge in [0.25, 0.3) is 0 Å². The molecule has 0 unspecified atom stereocenters. The number of ether oxygens (including phenoxy) is 1. The van der Waals surface area contributed by atoms with Gasteiger partial charge in [0.2, 0.25) is 0 Å². The van der Waals surface area contributed by atoms with Gasteiger partial charge in [-0.1, -0.05) is 12.2 Å². The third-order valence-corrected chi connectivity index (χ3v) is 6.74. The largest absolute Gasteiger partial charge is 0.491 e. The Kier molecular flexibility index (Phi) is 7.68. The minimum absolute atomic E-state index is 0.173. The van der Waals surface area contributed by atoms with Crippen molar-refractivity contribution >= 4 is 45.0 Å². The molecule has 4 rings (SSSR count). The number of thiazole rings is 1. The Morgan fingerprint density at radius 3 is 2.53 bits per heavy atom. The first-order chi connectivity index (χ1) is 16.2. The van der Waals surface area contributed by atoms with Crippen LogP contribution in [-0.4, -0.2) is 70.9 Å². The van der Waals surface area contributed by atoms with Crippen LogP contribution in [0.4, 0.5) is 18.9 Å². The highest BCUT2D eigenvalue weighted by Crippen LogP contribution is 2.31. The van der Waals surface area contributed by atoms with Gasteiger partial charge in [-0.2, -0.15) is 13.2 Å². The van der Waals surface area contributed by atoms with Crippen LogP contribution in [0.5, 0.6) is 5.75 Å². The van der Waals surface area contributed by atoms with E-state index in [1.165, 1.54) is 17.6 Å². The maximum absolute atomic E-state index is 12.8. The van der Waals surface area contributed by atoms with E-state index in [1.54, 1.807) is 16.3 Å². The Hall–Kier alpha value is -2.31. The lowest BCUT2D eigenvalue weighted by Crippen LogP contribution is -2.54. The molecule has 0 radical (unpaired) electrons. The fourth-order valence-electron chi connectivity index (χ4n) is 3.88. The molecule has 0 amide bonds. The Balaban J connectivity index is 1.25. The molecular formula is C23H25F3N4O2S2. The zero-order valence-corrected chi connectivity index (χ0v) is 20.2. The fraction of sp³-hybridized carbons (Fsp3) is 0.391. The molecule has 182 valence electrons. The van der Waals surface area contributed by atoms with Crippen LogP contribution in [0.25, 0.3) is 10.2 Å². The van der Waals surface area contributed by atoms with Gasteiger partial charge in [0.1, 0.15) is 18.5 Å². The first-order valence-electron chi connectivity index (χ1n) is 10.8. The van der Waals surface area contributed by atoms with E-state index in [9.17, 15) is 18.3 Å². The number of hydrogen-bond donors (Lipinski definition) is 1. The van der Waals surface area contributed by atoms with E-state index in [0.717, 1.165) is 27.4 Å². The lowest BCUT2D eigenvalue weighted by molar-refractivity contribution is -0.137. The first kappa shape index (κ1) is 24.8. The van der Waals surface area contributed by atoms with E-state index in [2.05, 4.69) is 9.88 Å². The molecule has 34 heavy (non-hydrogen) atoms. The predicted molar refractivity (Wildman–Crippen MR) is 131 cm³/mol. The Labute approximate surface area is 205 Å². The second-order valence-corrected chi connectivity index (χ2v) is 9.52. The van der Waals surface area contributed by atoms with Crippen molar-refractivity contribution in [3.05, 3.63) is 53.0 Å². The molecule has 1 fully saturated rings. The van der Waals surface area contributed by atoms with Crippen molar-refractivity contribution < 1.29 is 23.0 Å². The second kappa shape index (κ2) is 10.5. The van der Waals surface area contributed by atoms with Crippen LogP contribution in [0.2, 0.25) is 0 Å². The summed E-state index contributed by atoms with van der Waals surface area (Å²) in [6.45, 7) is 5.21. The molecule has 3 aromatic rings. The SMILES string of the molecule is Cc1nc2cc(OC[C@H](O)CN3CCN(N(C=S)c4ccc(C(F)(F)F)cc4)CC3)ccc2s1. The summed E-state index contributed by atoms with van der Waals surface area (Å²) in [5.74, 6) is 0.676. The van der Waals surface area contributed by atoms with Crippen LogP contribution >= 0.6 is 23.6 Å². The van der Waals surface area contributed by atoms with E-state index in [-0.39, 0.29) is 6.61 Å². The van der Waals surface area contributed by atoms with Crippen molar-refractivity contribution in [1.82, 2.24) is 14.9 Å². The normalized spacial score (nSPS) is 16.5. The summed E-state index contributed by atoms with van der Waals surface area (Å²) < 4.78 is 45.4. The highest BCUT2D eigenvalue weighted by molar-refractivity contribution is 7.79. The highest BCUT2D eigenvalue weighted by Gasteiger charge is 2.30. The van der Waals surface area contributed by atoms with Crippen molar-refractivity contribution in [3.8, 4) is 5.75 Å². The summed E-state index contributed by atoms with van der Waals surface area (Å²) in [5.41, 5.74) is 2.21. The molecule has 1 N–H and O–H groups in total. The number of rotatable bonds is 8. The highest BCUT2D eigenvalue weighted by atomic mass is 32.1. The van der Waals surface area contributed by atoms with Crippen LogP contribution in [0.3, 0.4) is 0 Å². The molecule has 0 aliphatic carbocycles. The Morgan fingerprint density at radius 1 is 1.18 bits per heavy atom. The third kappa shape index (κ3) is 6.02. The zero-order chi connectivity index (χ0) is 24.3. The number of nitrogens with zero attached hydrogens (tertiary/aromatic N) is 4. The third-order valence-electron chi connectivity index (χ3n) is 5.59. The number of hydrazine groups is 1. The van der Waals surface area contributed by atoms with E-state index >= 15 is 0 Å². The number of aliphatic hydroxyl groups is 1. The molecule has 6 nitrogen and oxygen atoms in total. The number of piperazine rings is 1. The summed E-state index contributed by atoms with van der Waals surface area (Å²) >= 11 is 6.74. The molecule has 1 aliphatic heterocycles. The van der Waals surface area contributed by atoms with E-state index in [0.29, 0.717) is 44.2 Å². The number of fused-ring (bicyclic) bond motifs is 1.